The van der Waals surface area contributed by atoms with Crippen molar-refractivity contribution < 1.29 is 24.2 Å². The molecule has 2 fully saturated rings. The molecule has 3 heterocycles. The number of nitrogens with zero attached hydrogens (tertiary/aromatic N) is 2. The number of likely N-dealkylation sites (tertiary alicyclic amines) is 1. The highest BCUT2D eigenvalue weighted by molar-refractivity contribution is 6.50. The summed E-state index contributed by atoms with van der Waals surface area (Å²) in [6.07, 6.45) is 2.04. The fourth-order valence-corrected chi connectivity index (χ4v) is 5.30. The topological polar surface area (TPSA) is 87.2 Å². The molecule has 0 radical (unpaired) electrons. The van der Waals surface area contributed by atoms with Crippen LogP contribution in [0.1, 0.15) is 37.3 Å². The van der Waals surface area contributed by atoms with E-state index >= 15 is 0 Å². The number of amides is 2. The molecular formula is C26H26N2O5. The first kappa shape index (κ1) is 21.4. The highest BCUT2D eigenvalue weighted by atomic mass is 16.5. The van der Waals surface area contributed by atoms with Gasteiger partial charge in [0.1, 0.15) is 5.76 Å². The van der Waals surface area contributed by atoms with E-state index in [4.69, 9.17) is 4.74 Å². The zero-order valence-electron chi connectivity index (χ0n) is 18.5. The molecule has 170 valence electrons. The third kappa shape index (κ3) is 3.03. The van der Waals surface area contributed by atoms with E-state index < -0.39 is 17.2 Å². The minimum atomic E-state index is -1.72. The smallest absolute Gasteiger partial charge is 0.296 e. The van der Waals surface area contributed by atoms with Crippen LogP contribution in [-0.2, 0) is 24.7 Å². The Balaban J connectivity index is 1.79. The summed E-state index contributed by atoms with van der Waals surface area (Å²) in [5, 5.41) is 11.4. The van der Waals surface area contributed by atoms with Crippen LogP contribution in [-0.4, -0.2) is 53.4 Å². The van der Waals surface area contributed by atoms with Crippen LogP contribution in [0, 0.1) is 0 Å². The van der Waals surface area contributed by atoms with E-state index in [9.17, 15) is 19.5 Å². The second-order valence-electron chi connectivity index (χ2n) is 8.65. The van der Waals surface area contributed by atoms with Crippen LogP contribution < -0.4 is 4.90 Å². The molecular weight excluding hydrogens is 420 g/mol. The molecule has 3 aliphatic heterocycles. The molecule has 1 spiro atoms. The number of hydrogen-bond acceptors (Lipinski definition) is 5. The fourth-order valence-electron chi connectivity index (χ4n) is 5.30. The van der Waals surface area contributed by atoms with Gasteiger partial charge in [0, 0.05) is 30.8 Å². The fraction of sp³-hybridized carbons (Fsp3) is 0.346. The predicted octanol–water partition coefficient (Wildman–Crippen LogP) is 3.20. The average molecular weight is 447 g/mol. The van der Waals surface area contributed by atoms with Crippen LogP contribution in [0.3, 0.4) is 0 Å². The number of carbonyl (C=O) groups excluding carboxylic acids is 3. The average Bonchev–Trinajstić information content (AvgIpc) is 3.50. The lowest BCUT2D eigenvalue weighted by Crippen LogP contribution is -2.53. The largest absolute Gasteiger partial charge is 0.507 e. The maximum absolute atomic E-state index is 14.2. The van der Waals surface area contributed by atoms with E-state index in [1.165, 1.54) is 4.90 Å². The minimum Gasteiger partial charge on any atom is -0.507 e. The summed E-state index contributed by atoms with van der Waals surface area (Å²) in [7, 11) is 0. The maximum atomic E-state index is 14.2. The zero-order valence-corrected chi connectivity index (χ0v) is 18.5. The Hall–Kier alpha value is -3.45. The van der Waals surface area contributed by atoms with Crippen molar-refractivity contribution >= 4 is 29.0 Å². The van der Waals surface area contributed by atoms with Gasteiger partial charge in [-0.05, 0) is 25.3 Å². The molecule has 3 aliphatic rings. The Morgan fingerprint density at radius 1 is 1.09 bits per heavy atom. The molecule has 7 heteroatoms. The van der Waals surface area contributed by atoms with Gasteiger partial charge in [-0.15, -0.1) is 0 Å². The van der Waals surface area contributed by atoms with Gasteiger partial charge < -0.3 is 19.6 Å². The van der Waals surface area contributed by atoms with Crippen molar-refractivity contribution in [2.75, 3.05) is 24.6 Å². The molecule has 0 saturated carbocycles. The van der Waals surface area contributed by atoms with Crippen molar-refractivity contribution in [1.29, 1.82) is 0 Å². The van der Waals surface area contributed by atoms with Gasteiger partial charge in [-0.25, -0.2) is 0 Å². The summed E-state index contributed by atoms with van der Waals surface area (Å²) < 4.78 is 5.77. The van der Waals surface area contributed by atoms with E-state index in [0.717, 1.165) is 12.8 Å². The highest BCUT2D eigenvalue weighted by Gasteiger charge is 2.67. The molecule has 0 aromatic heterocycles. The second kappa shape index (κ2) is 8.15. The van der Waals surface area contributed by atoms with Crippen LogP contribution in [0.4, 0.5) is 5.69 Å². The Bertz CT molecular complexity index is 1150. The Labute approximate surface area is 192 Å². The molecule has 5 rings (SSSR count). The van der Waals surface area contributed by atoms with Crippen molar-refractivity contribution in [3.8, 4) is 0 Å². The summed E-state index contributed by atoms with van der Waals surface area (Å²) in [5.74, 6) is -2.37. The molecule has 1 N–H and O–H groups in total. The first-order valence-electron chi connectivity index (χ1n) is 11.4. The van der Waals surface area contributed by atoms with E-state index in [2.05, 4.69) is 0 Å². The summed E-state index contributed by atoms with van der Waals surface area (Å²) in [6.45, 7) is 3.09. The molecule has 2 aromatic carbocycles. The monoisotopic (exact) mass is 446 g/mol. The highest BCUT2D eigenvalue weighted by Crippen LogP contribution is 2.53. The van der Waals surface area contributed by atoms with E-state index in [0.29, 0.717) is 36.4 Å². The van der Waals surface area contributed by atoms with Gasteiger partial charge in [-0.2, -0.15) is 0 Å². The third-order valence-corrected chi connectivity index (χ3v) is 6.71. The number of benzene rings is 2. The number of hydrogen-bond donors (Lipinski definition) is 1. The summed E-state index contributed by atoms with van der Waals surface area (Å²) in [5.41, 5.74) is -0.314. The minimum absolute atomic E-state index is 0.107. The summed E-state index contributed by atoms with van der Waals surface area (Å²) >= 11 is 0. The van der Waals surface area contributed by atoms with Gasteiger partial charge in [-0.3, -0.25) is 14.4 Å². The van der Waals surface area contributed by atoms with Crippen molar-refractivity contribution in [1.82, 2.24) is 4.90 Å². The summed E-state index contributed by atoms with van der Waals surface area (Å²) in [4.78, 5) is 44.1. The van der Waals surface area contributed by atoms with Crippen LogP contribution in [0.2, 0.25) is 0 Å². The summed E-state index contributed by atoms with van der Waals surface area (Å²) in [6, 6.07) is 15.8. The van der Waals surface area contributed by atoms with E-state index in [-0.39, 0.29) is 29.9 Å². The molecule has 0 aliphatic carbocycles. The van der Waals surface area contributed by atoms with Gasteiger partial charge in [-0.1, -0.05) is 55.5 Å². The lowest BCUT2D eigenvalue weighted by atomic mass is 9.81. The lowest BCUT2D eigenvalue weighted by Gasteiger charge is -2.35. The normalized spacial score (nSPS) is 26.0. The van der Waals surface area contributed by atoms with Crippen molar-refractivity contribution in [2.24, 2.45) is 0 Å². The van der Waals surface area contributed by atoms with Crippen molar-refractivity contribution in [3.05, 3.63) is 71.3 Å². The van der Waals surface area contributed by atoms with Crippen LogP contribution in [0.5, 0.6) is 0 Å². The standard InChI is InChI=1S/C26H26N2O5/c1-2-14-27-20-13-7-6-12-19(20)26(25(27)32)21(22(29)17-9-4-3-5-10-17)23(30)24(31)28(26)16-18-11-8-15-33-18/h3-7,9-10,12-13,18,29H,2,8,11,14-16H2,1H3/t18-,26+/m0/s1. The van der Waals surface area contributed by atoms with Crippen molar-refractivity contribution in [3.63, 3.8) is 0 Å². The van der Waals surface area contributed by atoms with Gasteiger partial charge >= 0.3 is 0 Å². The van der Waals surface area contributed by atoms with Gasteiger partial charge in [0.2, 0.25) is 0 Å². The number of aliphatic hydroxyl groups excluding tert-OH is 1. The predicted molar refractivity (Wildman–Crippen MR) is 122 cm³/mol. The number of anilines is 1. The maximum Gasteiger partial charge on any atom is 0.296 e. The number of Topliss-reactive ketones (excluding diaryl/α,β-unsaturated/α-hetero) is 1. The van der Waals surface area contributed by atoms with E-state index in [1.54, 1.807) is 47.4 Å². The van der Waals surface area contributed by atoms with Gasteiger partial charge in [0.15, 0.2) is 5.54 Å². The molecule has 2 amide bonds. The number of carbonyl (C=O) groups is 3. The Morgan fingerprint density at radius 2 is 1.82 bits per heavy atom. The molecule has 7 nitrogen and oxygen atoms in total. The Kier molecular flexibility index (Phi) is 5.29. The zero-order chi connectivity index (χ0) is 23.2. The van der Waals surface area contributed by atoms with Crippen molar-refractivity contribution in [2.45, 2.75) is 37.8 Å². The number of aliphatic hydroxyl groups is 1. The lowest BCUT2D eigenvalue weighted by molar-refractivity contribution is -0.145. The third-order valence-electron chi connectivity index (χ3n) is 6.71. The molecule has 2 aromatic rings. The first-order valence-corrected chi connectivity index (χ1v) is 11.4. The Morgan fingerprint density at radius 3 is 2.52 bits per heavy atom. The number of fused-ring (bicyclic) bond motifs is 2. The van der Waals surface area contributed by atoms with Gasteiger partial charge in [0.05, 0.1) is 17.4 Å². The number of ketones is 1. The van der Waals surface area contributed by atoms with E-state index in [1.807, 2.05) is 19.1 Å². The SMILES string of the molecule is CCCN1C(=O)[C@]2(C(=C(O)c3ccccc3)C(=O)C(=O)N2C[C@@H]2CCCO2)c2ccccc21. The molecule has 0 unspecified atom stereocenters. The van der Waals surface area contributed by atoms with Crippen LogP contribution in [0.25, 0.3) is 5.76 Å². The number of para-hydroxylation sites is 1. The number of rotatable bonds is 5. The second-order valence-corrected chi connectivity index (χ2v) is 8.65. The number of ether oxygens (including phenoxy) is 1. The van der Waals surface area contributed by atoms with Crippen LogP contribution >= 0.6 is 0 Å². The first-order chi connectivity index (χ1) is 16.0. The molecule has 2 atom stereocenters. The quantitative estimate of drug-likeness (QED) is 0.433. The van der Waals surface area contributed by atoms with Crippen LogP contribution in [0.15, 0.2) is 60.2 Å². The molecule has 0 bridgehead atoms. The van der Waals surface area contributed by atoms with Gasteiger partial charge in [0.25, 0.3) is 17.6 Å². The molecule has 2 saturated heterocycles. The molecule has 33 heavy (non-hydrogen) atoms.